The van der Waals surface area contributed by atoms with Crippen molar-refractivity contribution in [2.75, 3.05) is 6.61 Å². The van der Waals surface area contributed by atoms with E-state index in [-0.39, 0.29) is 5.97 Å². The Bertz CT molecular complexity index is 1180. The third-order valence-corrected chi connectivity index (χ3v) is 5.12. The molecule has 0 amide bonds. The average Bonchev–Trinajstić information content (AvgIpc) is 2.72. The second-order valence-corrected chi connectivity index (χ2v) is 7.22. The van der Waals surface area contributed by atoms with E-state index >= 15 is 0 Å². The van der Waals surface area contributed by atoms with E-state index in [1.165, 1.54) is 5.56 Å². The molecule has 3 nitrogen and oxygen atoms in total. The zero-order chi connectivity index (χ0) is 19.7. The van der Waals surface area contributed by atoms with E-state index in [2.05, 4.69) is 37.0 Å². The molecule has 0 bridgehead atoms. The van der Waals surface area contributed by atoms with Crippen LogP contribution in [0.5, 0.6) is 0 Å². The molecule has 4 rings (SSSR count). The van der Waals surface area contributed by atoms with E-state index in [1.54, 1.807) is 0 Å². The molecule has 0 fully saturated rings. The summed E-state index contributed by atoms with van der Waals surface area (Å²) >= 11 is 0. The molecule has 0 unspecified atom stereocenters. The summed E-state index contributed by atoms with van der Waals surface area (Å²) in [5.41, 5.74) is 3.48. The van der Waals surface area contributed by atoms with Crippen molar-refractivity contribution in [1.82, 2.24) is 4.98 Å². The van der Waals surface area contributed by atoms with E-state index in [1.807, 2.05) is 55.6 Å². The van der Waals surface area contributed by atoms with Gasteiger partial charge in [0.1, 0.15) is 0 Å². The van der Waals surface area contributed by atoms with Crippen LogP contribution in [0.25, 0.3) is 32.8 Å². The van der Waals surface area contributed by atoms with Gasteiger partial charge >= 0.3 is 5.97 Å². The van der Waals surface area contributed by atoms with Crippen LogP contribution in [0, 0.1) is 0 Å². The van der Waals surface area contributed by atoms with Crippen LogP contribution in [0.4, 0.5) is 0 Å². The van der Waals surface area contributed by atoms with Crippen molar-refractivity contribution in [3.05, 3.63) is 78.0 Å². The fourth-order valence-electron chi connectivity index (χ4n) is 3.66. The van der Waals surface area contributed by atoms with Crippen LogP contribution >= 0.6 is 0 Å². The molecule has 0 aliphatic rings. The first-order valence-corrected chi connectivity index (χ1v) is 9.68. The number of ether oxygens (including phenoxy) is 1. The second kappa shape index (κ2) is 7.43. The minimum Gasteiger partial charge on any atom is -0.462 e. The zero-order valence-corrected chi connectivity index (χ0v) is 16.4. The minimum absolute atomic E-state index is 0.313. The summed E-state index contributed by atoms with van der Waals surface area (Å²) in [6.07, 6.45) is 1.81. The maximum atomic E-state index is 12.9. The Hall–Kier alpha value is -3.20. The summed E-state index contributed by atoms with van der Waals surface area (Å²) in [6.45, 7) is 6.53. The molecule has 4 aromatic rings. The Kier molecular flexibility index (Phi) is 4.82. The van der Waals surface area contributed by atoms with Gasteiger partial charge < -0.3 is 4.74 Å². The predicted molar refractivity (Wildman–Crippen MR) is 115 cm³/mol. The topological polar surface area (TPSA) is 39.2 Å². The average molecular weight is 369 g/mol. The van der Waals surface area contributed by atoms with Crippen molar-refractivity contribution < 1.29 is 9.53 Å². The lowest BCUT2D eigenvalue weighted by Crippen LogP contribution is -2.08. The number of rotatable bonds is 4. The standard InChI is InChI=1S/C25H23NO2/c1-4-28-25(27)23-20-8-6-5-7-17(20)9-12-22(23)24-21-11-10-18(16(2)3)15-19(21)13-14-26-24/h5-16H,4H2,1-3H3. The van der Waals surface area contributed by atoms with Crippen molar-refractivity contribution in [2.45, 2.75) is 26.7 Å². The van der Waals surface area contributed by atoms with E-state index in [0.29, 0.717) is 18.1 Å². The molecule has 1 heterocycles. The molecule has 28 heavy (non-hydrogen) atoms. The van der Waals surface area contributed by atoms with Crippen LogP contribution in [-0.4, -0.2) is 17.6 Å². The molecule has 0 radical (unpaired) electrons. The van der Waals surface area contributed by atoms with Crippen LogP contribution in [0.3, 0.4) is 0 Å². The number of carbonyl (C=O) groups excluding carboxylic acids is 1. The molecule has 0 aliphatic heterocycles. The van der Waals surface area contributed by atoms with E-state index in [0.717, 1.165) is 32.8 Å². The number of fused-ring (bicyclic) bond motifs is 2. The van der Waals surface area contributed by atoms with Crippen molar-refractivity contribution >= 4 is 27.5 Å². The normalized spacial score (nSPS) is 11.3. The van der Waals surface area contributed by atoms with E-state index < -0.39 is 0 Å². The summed E-state index contributed by atoms with van der Waals surface area (Å²) in [4.78, 5) is 17.5. The first-order chi connectivity index (χ1) is 13.6. The Balaban J connectivity index is 2.01. The maximum Gasteiger partial charge on any atom is 0.339 e. The summed E-state index contributed by atoms with van der Waals surface area (Å²) in [7, 11) is 0. The number of carbonyl (C=O) groups is 1. The Morgan fingerprint density at radius 2 is 1.79 bits per heavy atom. The fourth-order valence-corrected chi connectivity index (χ4v) is 3.66. The lowest BCUT2D eigenvalue weighted by molar-refractivity contribution is 0.0529. The van der Waals surface area contributed by atoms with Crippen LogP contribution in [-0.2, 0) is 4.74 Å². The molecule has 0 saturated heterocycles. The summed E-state index contributed by atoms with van der Waals surface area (Å²) in [5.74, 6) is 0.142. The van der Waals surface area contributed by atoms with Crippen molar-refractivity contribution in [2.24, 2.45) is 0 Å². The summed E-state index contributed by atoms with van der Waals surface area (Å²) < 4.78 is 5.39. The number of aromatic nitrogens is 1. The van der Waals surface area contributed by atoms with Gasteiger partial charge in [-0.05, 0) is 40.6 Å². The van der Waals surface area contributed by atoms with Crippen LogP contribution in [0.1, 0.15) is 42.6 Å². The third kappa shape index (κ3) is 3.13. The quantitative estimate of drug-likeness (QED) is 0.393. The minimum atomic E-state index is -0.313. The molecule has 3 heteroatoms. The summed E-state index contributed by atoms with van der Waals surface area (Å²) in [6, 6.07) is 20.4. The molecule has 0 atom stereocenters. The maximum absolute atomic E-state index is 12.9. The highest BCUT2D eigenvalue weighted by Crippen LogP contribution is 2.34. The highest BCUT2D eigenvalue weighted by atomic mass is 16.5. The second-order valence-electron chi connectivity index (χ2n) is 7.22. The number of esters is 1. The van der Waals surface area contributed by atoms with Gasteiger partial charge in [0.05, 0.1) is 17.9 Å². The van der Waals surface area contributed by atoms with Crippen molar-refractivity contribution in [3.8, 4) is 11.3 Å². The third-order valence-electron chi connectivity index (χ3n) is 5.12. The van der Waals surface area contributed by atoms with Gasteiger partial charge in [0, 0.05) is 17.1 Å². The highest BCUT2D eigenvalue weighted by Gasteiger charge is 2.20. The first-order valence-electron chi connectivity index (χ1n) is 9.68. The number of hydrogen-bond donors (Lipinski definition) is 0. The number of benzene rings is 3. The largest absolute Gasteiger partial charge is 0.462 e. The molecule has 3 aromatic carbocycles. The zero-order valence-electron chi connectivity index (χ0n) is 16.4. The molecular weight excluding hydrogens is 346 g/mol. The van der Waals surface area contributed by atoms with Crippen LogP contribution < -0.4 is 0 Å². The first kappa shape index (κ1) is 18.2. The fraction of sp³-hybridized carbons (Fsp3) is 0.200. The molecule has 0 saturated carbocycles. The molecule has 0 spiro atoms. The number of pyridine rings is 1. The van der Waals surface area contributed by atoms with Gasteiger partial charge in [0.15, 0.2) is 0 Å². The van der Waals surface area contributed by atoms with Gasteiger partial charge in [-0.1, -0.05) is 68.4 Å². The monoisotopic (exact) mass is 369 g/mol. The molecule has 0 aliphatic carbocycles. The van der Waals surface area contributed by atoms with Crippen LogP contribution in [0.15, 0.2) is 66.9 Å². The van der Waals surface area contributed by atoms with Gasteiger partial charge in [0.25, 0.3) is 0 Å². The van der Waals surface area contributed by atoms with Gasteiger partial charge in [-0.15, -0.1) is 0 Å². The SMILES string of the molecule is CCOC(=O)c1c(-c2nccc3cc(C(C)C)ccc23)ccc2ccccc12. The Morgan fingerprint density at radius 3 is 2.57 bits per heavy atom. The molecule has 140 valence electrons. The molecule has 1 aromatic heterocycles. The lowest BCUT2D eigenvalue weighted by Gasteiger charge is -2.14. The van der Waals surface area contributed by atoms with Gasteiger partial charge in [0.2, 0.25) is 0 Å². The van der Waals surface area contributed by atoms with Gasteiger partial charge in [-0.25, -0.2) is 4.79 Å². The number of hydrogen-bond acceptors (Lipinski definition) is 3. The van der Waals surface area contributed by atoms with Crippen LogP contribution in [0.2, 0.25) is 0 Å². The Labute approximate surface area is 165 Å². The van der Waals surface area contributed by atoms with Gasteiger partial charge in [-0.3, -0.25) is 4.98 Å². The summed E-state index contributed by atoms with van der Waals surface area (Å²) in [5, 5.41) is 4.06. The van der Waals surface area contributed by atoms with E-state index in [9.17, 15) is 4.79 Å². The Morgan fingerprint density at radius 1 is 0.964 bits per heavy atom. The predicted octanol–water partition coefficient (Wildman–Crippen LogP) is 6.36. The molecule has 0 N–H and O–H groups in total. The number of nitrogens with zero attached hydrogens (tertiary/aromatic N) is 1. The molecular formula is C25H23NO2. The van der Waals surface area contributed by atoms with Gasteiger partial charge in [-0.2, -0.15) is 0 Å². The van der Waals surface area contributed by atoms with E-state index in [4.69, 9.17) is 4.74 Å². The lowest BCUT2D eigenvalue weighted by atomic mass is 9.93. The smallest absolute Gasteiger partial charge is 0.339 e. The van der Waals surface area contributed by atoms with Crippen molar-refractivity contribution in [3.63, 3.8) is 0 Å². The van der Waals surface area contributed by atoms with Crippen molar-refractivity contribution in [1.29, 1.82) is 0 Å². The highest BCUT2D eigenvalue weighted by molar-refractivity contribution is 6.12.